The molecule has 0 aromatic rings. The summed E-state index contributed by atoms with van der Waals surface area (Å²) in [6.45, 7) is 9.82. The highest BCUT2D eigenvalue weighted by Gasteiger charge is 2.60. The molecule has 13 heavy (non-hydrogen) atoms. The lowest BCUT2D eigenvalue weighted by atomic mass is 9.66. The molecule has 0 amide bonds. The zero-order chi connectivity index (χ0) is 9.69. The van der Waals surface area contributed by atoms with Gasteiger partial charge in [-0.2, -0.15) is 0 Å². The first kappa shape index (κ1) is 9.55. The standard InChI is InChI=1S/C13H23/c1-5-6-11-9-10-7-8-13(11,4)12(10,2)3/h10H,5-9H2,1-4H3/t10-,13-/m1/s1. The molecular formula is C13H23. The highest BCUT2D eigenvalue weighted by molar-refractivity contribution is 5.23. The van der Waals surface area contributed by atoms with Crippen molar-refractivity contribution in [1.82, 2.24) is 0 Å². The first-order valence-electron chi connectivity index (χ1n) is 5.87. The Morgan fingerprint density at radius 1 is 1.31 bits per heavy atom. The predicted octanol–water partition coefficient (Wildman–Crippen LogP) is 4.21. The molecule has 0 heterocycles. The molecule has 2 aliphatic rings. The fraction of sp³-hybridized carbons (Fsp3) is 0.923. The molecule has 0 aromatic carbocycles. The smallest absolute Gasteiger partial charge is 0.0174 e. The van der Waals surface area contributed by atoms with E-state index in [4.69, 9.17) is 0 Å². The summed E-state index contributed by atoms with van der Waals surface area (Å²) in [5.74, 6) is 2.88. The van der Waals surface area contributed by atoms with Crippen LogP contribution in [0.4, 0.5) is 0 Å². The van der Waals surface area contributed by atoms with E-state index in [1.54, 1.807) is 0 Å². The highest BCUT2D eigenvalue weighted by Crippen LogP contribution is 2.69. The zero-order valence-corrected chi connectivity index (χ0v) is 9.61. The Kier molecular flexibility index (Phi) is 2.02. The average molecular weight is 179 g/mol. The van der Waals surface area contributed by atoms with E-state index in [0.29, 0.717) is 10.8 Å². The Labute approximate surface area is 83.1 Å². The second kappa shape index (κ2) is 2.74. The van der Waals surface area contributed by atoms with Gasteiger partial charge in [0.2, 0.25) is 0 Å². The van der Waals surface area contributed by atoms with Gasteiger partial charge in [-0.25, -0.2) is 0 Å². The molecule has 2 rings (SSSR count). The molecule has 2 bridgehead atoms. The molecule has 75 valence electrons. The molecule has 1 radical (unpaired) electrons. The van der Waals surface area contributed by atoms with Gasteiger partial charge in [-0.15, -0.1) is 0 Å². The van der Waals surface area contributed by atoms with Crippen LogP contribution in [0.25, 0.3) is 0 Å². The Bertz CT molecular complexity index is 204. The van der Waals surface area contributed by atoms with E-state index in [-0.39, 0.29) is 0 Å². The summed E-state index contributed by atoms with van der Waals surface area (Å²) < 4.78 is 0. The lowest BCUT2D eigenvalue weighted by Gasteiger charge is -2.39. The molecule has 0 nitrogen and oxygen atoms in total. The van der Waals surface area contributed by atoms with Crippen molar-refractivity contribution < 1.29 is 0 Å². The number of hydrogen-bond donors (Lipinski definition) is 0. The fourth-order valence-corrected chi connectivity index (χ4v) is 3.79. The summed E-state index contributed by atoms with van der Waals surface area (Å²) >= 11 is 0. The molecule has 2 atom stereocenters. The van der Waals surface area contributed by atoms with Gasteiger partial charge in [-0.05, 0) is 48.3 Å². The van der Waals surface area contributed by atoms with Crippen LogP contribution in [-0.2, 0) is 0 Å². The van der Waals surface area contributed by atoms with Crippen molar-refractivity contribution in [3.63, 3.8) is 0 Å². The number of hydrogen-bond acceptors (Lipinski definition) is 0. The molecule has 0 N–H and O–H groups in total. The van der Waals surface area contributed by atoms with Crippen molar-refractivity contribution in [3.8, 4) is 0 Å². The maximum absolute atomic E-state index is 2.52. The van der Waals surface area contributed by atoms with Crippen LogP contribution in [0, 0.1) is 22.7 Å². The average Bonchev–Trinajstić information content (AvgIpc) is 2.37. The molecule has 0 heteroatoms. The molecular weight excluding hydrogens is 156 g/mol. The van der Waals surface area contributed by atoms with Gasteiger partial charge < -0.3 is 0 Å². The van der Waals surface area contributed by atoms with E-state index < -0.39 is 0 Å². The van der Waals surface area contributed by atoms with E-state index >= 15 is 0 Å². The second-order valence-electron chi connectivity index (χ2n) is 5.85. The van der Waals surface area contributed by atoms with Crippen molar-refractivity contribution in [2.75, 3.05) is 0 Å². The second-order valence-corrected chi connectivity index (χ2v) is 5.85. The summed E-state index contributed by atoms with van der Waals surface area (Å²) in [6.07, 6.45) is 7.11. The molecule has 0 spiro atoms. The van der Waals surface area contributed by atoms with Crippen LogP contribution in [0.1, 0.15) is 59.8 Å². The summed E-state index contributed by atoms with van der Waals surface area (Å²) in [4.78, 5) is 0. The zero-order valence-electron chi connectivity index (χ0n) is 9.61. The lowest BCUT2D eigenvalue weighted by molar-refractivity contribution is 0.161. The van der Waals surface area contributed by atoms with Crippen molar-refractivity contribution in [1.29, 1.82) is 0 Å². The minimum Gasteiger partial charge on any atom is -0.0654 e. The largest absolute Gasteiger partial charge is 0.0654 e. The molecule has 0 saturated heterocycles. The van der Waals surface area contributed by atoms with Gasteiger partial charge in [0.1, 0.15) is 0 Å². The van der Waals surface area contributed by atoms with E-state index in [0.717, 1.165) is 5.92 Å². The summed E-state index contributed by atoms with van der Waals surface area (Å²) in [6, 6.07) is 0. The van der Waals surface area contributed by atoms with E-state index in [9.17, 15) is 0 Å². The third-order valence-corrected chi connectivity index (χ3v) is 5.26. The van der Waals surface area contributed by atoms with E-state index in [1.165, 1.54) is 32.1 Å². The molecule has 0 unspecified atom stereocenters. The molecule has 2 aliphatic carbocycles. The normalized spacial score (nSPS) is 42.9. The third kappa shape index (κ3) is 1.04. The Balaban J connectivity index is 2.22. The SMILES string of the molecule is CCC[C]1C[C@H]2CC[C@@]1(C)C2(C)C. The summed E-state index contributed by atoms with van der Waals surface area (Å²) in [5.41, 5.74) is 1.19. The minimum absolute atomic E-state index is 0.591. The monoisotopic (exact) mass is 179 g/mol. The van der Waals surface area contributed by atoms with Crippen LogP contribution in [0.15, 0.2) is 0 Å². The van der Waals surface area contributed by atoms with Crippen LogP contribution in [0.2, 0.25) is 0 Å². The van der Waals surface area contributed by atoms with Gasteiger partial charge in [-0.3, -0.25) is 0 Å². The summed E-state index contributed by atoms with van der Waals surface area (Å²) in [7, 11) is 0. The Morgan fingerprint density at radius 2 is 2.00 bits per heavy atom. The van der Waals surface area contributed by atoms with Crippen molar-refractivity contribution in [3.05, 3.63) is 5.92 Å². The lowest BCUT2D eigenvalue weighted by Crippen LogP contribution is -2.31. The maximum Gasteiger partial charge on any atom is -0.0174 e. The summed E-state index contributed by atoms with van der Waals surface area (Å²) in [5, 5.41) is 0. The van der Waals surface area contributed by atoms with E-state index in [2.05, 4.69) is 27.7 Å². The van der Waals surface area contributed by atoms with Crippen molar-refractivity contribution >= 4 is 0 Å². The maximum atomic E-state index is 2.52. The quantitative estimate of drug-likeness (QED) is 0.595. The topological polar surface area (TPSA) is 0 Å². The molecule has 0 aromatic heterocycles. The third-order valence-electron chi connectivity index (χ3n) is 5.26. The molecule has 2 fully saturated rings. The van der Waals surface area contributed by atoms with Crippen molar-refractivity contribution in [2.45, 2.75) is 59.8 Å². The van der Waals surface area contributed by atoms with Crippen LogP contribution < -0.4 is 0 Å². The predicted molar refractivity (Wildman–Crippen MR) is 57.4 cm³/mol. The first-order chi connectivity index (χ1) is 6.02. The van der Waals surface area contributed by atoms with Gasteiger partial charge >= 0.3 is 0 Å². The Morgan fingerprint density at radius 3 is 2.38 bits per heavy atom. The van der Waals surface area contributed by atoms with Gasteiger partial charge in [0.25, 0.3) is 0 Å². The number of rotatable bonds is 2. The fourth-order valence-electron chi connectivity index (χ4n) is 3.79. The van der Waals surface area contributed by atoms with E-state index in [1.807, 2.05) is 5.92 Å². The van der Waals surface area contributed by atoms with Gasteiger partial charge in [0.15, 0.2) is 0 Å². The van der Waals surface area contributed by atoms with Gasteiger partial charge in [0.05, 0.1) is 0 Å². The highest BCUT2D eigenvalue weighted by atomic mass is 14.6. The Hall–Kier alpha value is 0. The molecule has 2 saturated carbocycles. The van der Waals surface area contributed by atoms with Crippen LogP contribution >= 0.6 is 0 Å². The van der Waals surface area contributed by atoms with Crippen molar-refractivity contribution in [2.24, 2.45) is 16.7 Å². The van der Waals surface area contributed by atoms with Crippen LogP contribution in [0.5, 0.6) is 0 Å². The van der Waals surface area contributed by atoms with Gasteiger partial charge in [0, 0.05) is 0 Å². The van der Waals surface area contributed by atoms with Crippen LogP contribution in [-0.4, -0.2) is 0 Å². The minimum atomic E-state index is 0.591. The molecule has 0 aliphatic heterocycles. The van der Waals surface area contributed by atoms with Crippen LogP contribution in [0.3, 0.4) is 0 Å². The van der Waals surface area contributed by atoms with Gasteiger partial charge in [-0.1, -0.05) is 34.1 Å². The number of fused-ring (bicyclic) bond motifs is 2. The first-order valence-corrected chi connectivity index (χ1v) is 5.87.